The molecule has 5 rings (SSSR count). The third kappa shape index (κ3) is 7.02. The first-order chi connectivity index (χ1) is 20.4. The monoisotopic (exact) mass is 635 g/mol. The summed E-state index contributed by atoms with van der Waals surface area (Å²) in [7, 11) is 0. The molecule has 3 atom stereocenters. The van der Waals surface area contributed by atoms with Gasteiger partial charge in [-0.3, -0.25) is 9.59 Å². The fraction of sp³-hybridized carbons (Fsp3) is 0.375. The minimum atomic E-state index is -2.10. The van der Waals surface area contributed by atoms with E-state index in [9.17, 15) is 19.8 Å². The van der Waals surface area contributed by atoms with Crippen LogP contribution in [0.25, 0.3) is 0 Å². The van der Waals surface area contributed by atoms with E-state index in [2.05, 4.69) is 0 Å². The molecule has 11 heteroatoms. The van der Waals surface area contributed by atoms with E-state index in [1.54, 1.807) is 31.2 Å². The van der Waals surface area contributed by atoms with Gasteiger partial charge in [0.25, 0.3) is 5.91 Å². The summed E-state index contributed by atoms with van der Waals surface area (Å²) in [4.78, 5) is 26.6. The number of halogens is 4. The highest BCUT2D eigenvalue weighted by atomic mass is 35.5. The minimum Gasteiger partial charge on any atom is -0.481 e. The van der Waals surface area contributed by atoms with Gasteiger partial charge >= 0.3 is 5.97 Å². The minimum absolute atomic E-state index is 0.0781. The van der Waals surface area contributed by atoms with Crippen molar-refractivity contribution in [2.75, 3.05) is 19.8 Å². The van der Waals surface area contributed by atoms with Crippen LogP contribution in [-0.4, -0.2) is 52.5 Å². The third-order valence-corrected chi connectivity index (χ3v) is 8.33. The van der Waals surface area contributed by atoms with Crippen LogP contribution in [0.5, 0.6) is 0 Å². The fourth-order valence-corrected chi connectivity index (χ4v) is 5.69. The van der Waals surface area contributed by atoms with Crippen LogP contribution in [0, 0.1) is 5.82 Å². The fourth-order valence-electron chi connectivity index (χ4n) is 5.42. The molecule has 230 valence electrons. The molecule has 2 heterocycles. The molecule has 2 aliphatic rings. The highest BCUT2D eigenvalue weighted by Gasteiger charge is 2.52. The summed E-state index contributed by atoms with van der Waals surface area (Å²) in [6.07, 6.45) is -1.85. The predicted octanol–water partition coefficient (Wildman–Crippen LogP) is 7.25. The number of carboxylic acids is 1. The second kappa shape index (κ2) is 13.7. The molecule has 3 aromatic rings. The Balaban J connectivity index is 0.000000530. The number of rotatable bonds is 8. The highest BCUT2D eigenvalue weighted by Crippen LogP contribution is 2.47. The Morgan fingerprint density at radius 2 is 1.72 bits per heavy atom. The number of aliphatic hydroxyl groups is 1. The van der Waals surface area contributed by atoms with Crippen LogP contribution in [0.3, 0.4) is 0 Å². The Morgan fingerprint density at radius 3 is 2.26 bits per heavy atom. The Hall–Kier alpha value is -3.08. The quantitative estimate of drug-likeness (QED) is 0.271. The summed E-state index contributed by atoms with van der Waals surface area (Å²) in [6.45, 7) is 3.26. The number of benzene rings is 3. The number of carbonyl (C=O) groups is 2. The highest BCUT2D eigenvalue weighted by molar-refractivity contribution is 6.30. The number of amides is 1. The molecular weight excluding hydrogens is 603 g/mol. The summed E-state index contributed by atoms with van der Waals surface area (Å²) in [5.74, 6) is -2.70. The lowest BCUT2D eigenvalue weighted by Gasteiger charge is -2.41. The van der Waals surface area contributed by atoms with Crippen LogP contribution >= 0.6 is 23.2 Å². The van der Waals surface area contributed by atoms with Crippen molar-refractivity contribution in [3.8, 4) is 0 Å². The molecule has 0 radical (unpaired) electrons. The maximum atomic E-state index is 15.8. The van der Waals surface area contributed by atoms with Gasteiger partial charge in [-0.1, -0.05) is 53.5 Å². The van der Waals surface area contributed by atoms with Crippen molar-refractivity contribution in [3.05, 3.63) is 105 Å². The Kier molecular flexibility index (Phi) is 10.5. The molecule has 0 bridgehead atoms. The van der Waals surface area contributed by atoms with Gasteiger partial charge in [0.2, 0.25) is 0 Å². The molecule has 0 spiro atoms. The van der Waals surface area contributed by atoms with Gasteiger partial charge in [-0.2, -0.15) is 0 Å². The lowest BCUT2D eigenvalue weighted by atomic mass is 9.75. The van der Waals surface area contributed by atoms with E-state index < -0.39 is 47.7 Å². The molecule has 1 amide bonds. The summed E-state index contributed by atoms with van der Waals surface area (Å²) in [5, 5.41) is 22.1. The van der Waals surface area contributed by atoms with Gasteiger partial charge in [0.15, 0.2) is 6.23 Å². The van der Waals surface area contributed by atoms with Crippen molar-refractivity contribution in [3.63, 3.8) is 0 Å². The second-order valence-corrected chi connectivity index (χ2v) is 11.4. The largest absolute Gasteiger partial charge is 0.481 e. The van der Waals surface area contributed by atoms with Crippen LogP contribution in [0.4, 0.5) is 8.78 Å². The zero-order valence-electron chi connectivity index (χ0n) is 23.7. The molecule has 2 N–H and O–H groups in total. The van der Waals surface area contributed by atoms with Crippen LogP contribution < -0.4 is 0 Å². The smallest absolute Gasteiger partial charge is 0.305 e. The number of hydrogen-bond donors (Lipinski definition) is 2. The van der Waals surface area contributed by atoms with E-state index in [4.69, 9.17) is 32.7 Å². The van der Waals surface area contributed by atoms with E-state index >= 15 is 8.78 Å². The Labute approximate surface area is 258 Å². The lowest BCUT2D eigenvalue weighted by molar-refractivity contribution is -0.143. The molecule has 0 saturated carbocycles. The van der Waals surface area contributed by atoms with Gasteiger partial charge < -0.3 is 24.6 Å². The number of alkyl halides is 1. The summed E-state index contributed by atoms with van der Waals surface area (Å²) < 4.78 is 42.4. The van der Waals surface area contributed by atoms with E-state index in [0.717, 1.165) is 11.1 Å². The van der Waals surface area contributed by atoms with Gasteiger partial charge in [-0.25, -0.2) is 8.78 Å². The molecule has 43 heavy (non-hydrogen) atoms. The van der Waals surface area contributed by atoms with E-state index in [1.807, 2.05) is 30.3 Å². The first-order valence-corrected chi connectivity index (χ1v) is 14.6. The van der Waals surface area contributed by atoms with Crippen molar-refractivity contribution in [1.29, 1.82) is 0 Å². The molecule has 7 nitrogen and oxygen atoms in total. The van der Waals surface area contributed by atoms with Crippen molar-refractivity contribution in [2.24, 2.45) is 0 Å². The zero-order chi connectivity index (χ0) is 31.4. The van der Waals surface area contributed by atoms with E-state index in [1.165, 1.54) is 17.9 Å². The van der Waals surface area contributed by atoms with Crippen LogP contribution in [-0.2, 0) is 19.9 Å². The number of ether oxygens (including phenoxy) is 2. The Morgan fingerprint density at radius 1 is 1.12 bits per heavy atom. The van der Waals surface area contributed by atoms with Gasteiger partial charge in [0.1, 0.15) is 17.1 Å². The van der Waals surface area contributed by atoms with Crippen molar-refractivity contribution < 1.29 is 38.1 Å². The van der Waals surface area contributed by atoms with Crippen molar-refractivity contribution in [2.45, 2.75) is 56.6 Å². The summed E-state index contributed by atoms with van der Waals surface area (Å²) >= 11 is 11.5. The van der Waals surface area contributed by atoms with Crippen LogP contribution in [0.1, 0.15) is 72.4 Å². The molecule has 3 aromatic carbocycles. The molecule has 0 aliphatic carbocycles. The molecule has 3 unspecified atom stereocenters. The number of aliphatic carboxylic acids is 1. The average Bonchev–Trinajstić information content (AvgIpc) is 3.24. The van der Waals surface area contributed by atoms with Gasteiger partial charge in [-0.05, 0) is 61.4 Å². The first-order valence-electron chi connectivity index (χ1n) is 13.8. The van der Waals surface area contributed by atoms with E-state index in [0.29, 0.717) is 10.6 Å². The topological polar surface area (TPSA) is 96.3 Å². The molecule has 2 aliphatic heterocycles. The van der Waals surface area contributed by atoms with Gasteiger partial charge in [0.05, 0.1) is 18.0 Å². The number of carboxylic acid groups (broad SMARTS) is 1. The first kappa shape index (κ1) is 32.8. The van der Waals surface area contributed by atoms with Crippen LogP contribution in [0.15, 0.2) is 66.7 Å². The number of hydrogen-bond acceptors (Lipinski definition) is 5. The lowest BCUT2D eigenvalue weighted by Crippen LogP contribution is -2.50. The van der Waals surface area contributed by atoms with E-state index in [-0.39, 0.29) is 49.4 Å². The molecule has 1 fully saturated rings. The Bertz CT molecular complexity index is 1430. The number of carbonyl (C=O) groups excluding carboxylic acids is 1. The number of fused-ring (bicyclic) bond motifs is 1. The zero-order valence-corrected chi connectivity index (χ0v) is 25.2. The molecular formula is C32H33Cl2F2NO6. The van der Waals surface area contributed by atoms with Crippen LogP contribution in [0.2, 0.25) is 10.0 Å². The van der Waals surface area contributed by atoms with Gasteiger partial charge in [-0.15, -0.1) is 0 Å². The maximum absolute atomic E-state index is 15.8. The van der Waals surface area contributed by atoms with Crippen molar-refractivity contribution in [1.82, 2.24) is 4.90 Å². The van der Waals surface area contributed by atoms with Gasteiger partial charge in [0, 0.05) is 48.3 Å². The standard InChI is InChI=1S/C26H28ClF2NO6.C6H5Cl/c1-3-36-24-22-18(12-16(13-19(22)28)25(2,34)26(29)8-10-35-11-9-26)23(33)30(24)20(14-21(31)32)15-4-6-17(27)7-5-15;7-6-4-2-1-3-5-6/h4-7,12-13,20,24,34H,3,8-11,14H2,1-2H3,(H,31,32);1-5H. The normalized spacial score (nSPS) is 19.6. The predicted molar refractivity (Wildman–Crippen MR) is 158 cm³/mol. The molecule has 0 aromatic heterocycles. The molecule has 1 saturated heterocycles. The SMILES string of the molecule is CCOC1c2c(F)cc(C(C)(O)C3(F)CCOCC3)cc2C(=O)N1C(CC(=O)O)c1ccc(Cl)cc1.Clc1ccccc1. The maximum Gasteiger partial charge on any atom is 0.305 e. The van der Waals surface area contributed by atoms with Crippen molar-refractivity contribution >= 4 is 35.1 Å². The summed E-state index contributed by atoms with van der Waals surface area (Å²) in [6, 6.07) is 17.1. The second-order valence-electron chi connectivity index (χ2n) is 10.6. The summed E-state index contributed by atoms with van der Waals surface area (Å²) in [5.41, 5.74) is -3.98. The third-order valence-electron chi connectivity index (χ3n) is 7.83. The number of nitrogens with zero attached hydrogens (tertiary/aromatic N) is 1. The average molecular weight is 637 g/mol.